The lowest BCUT2D eigenvalue weighted by molar-refractivity contribution is 0.0650. The van der Waals surface area contributed by atoms with Crippen LogP contribution in [0.2, 0.25) is 0 Å². The third-order valence-electron chi connectivity index (χ3n) is 6.39. The van der Waals surface area contributed by atoms with Crippen LogP contribution in [0.15, 0.2) is 18.2 Å². The van der Waals surface area contributed by atoms with Crippen LogP contribution in [0.3, 0.4) is 0 Å². The van der Waals surface area contributed by atoms with Gasteiger partial charge in [0.2, 0.25) is 0 Å². The summed E-state index contributed by atoms with van der Waals surface area (Å²) in [6, 6.07) is 4.74. The van der Waals surface area contributed by atoms with E-state index in [4.69, 9.17) is 0 Å². The lowest BCUT2D eigenvalue weighted by atomic mass is 9.96. The molecule has 0 aliphatic heterocycles. The van der Waals surface area contributed by atoms with Gasteiger partial charge in [-0.1, -0.05) is 128 Å². The molecule has 1 aromatic carbocycles. The van der Waals surface area contributed by atoms with Crippen molar-refractivity contribution in [3.8, 4) is 0 Å². The fourth-order valence-electron chi connectivity index (χ4n) is 4.46. The highest BCUT2D eigenvalue weighted by atomic mass is 16.4. The summed E-state index contributed by atoms with van der Waals surface area (Å²) < 4.78 is 0. The largest absolute Gasteiger partial charge is 0.478 e. The lowest BCUT2D eigenvalue weighted by Gasteiger charge is -2.09. The van der Waals surface area contributed by atoms with Crippen molar-refractivity contribution >= 4 is 11.9 Å². The summed E-state index contributed by atoms with van der Waals surface area (Å²) in [5, 5.41) is 18.6. The maximum Gasteiger partial charge on any atom is 0.336 e. The van der Waals surface area contributed by atoms with Crippen molar-refractivity contribution in [3.05, 3.63) is 34.9 Å². The van der Waals surface area contributed by atoms with E-state index >= 15 is 0 Å². The maximum absolute atomic E-state index is 11.5. The predicted molar refractivity (Wildman–Crippen MR) is 133 cm³/mol. The molecular formula is C28H46O4. The van der Waals surface area contributed by atoms with Crippen LogP contribution in [-0.4, -0.2) is 22.2 Å². The maximum atomic E-state index is 11.5. The van der Waals surface area contributed by atoms with Gasteiger partial charge in [0.25, 0.3) is 0 Å². The molecule has 0 radical (unpaired) electrons. The van der Waals surface area contributed by atoms with Gasteiger partial charge in [0.05, 0.1) is 11.1 Å². The van der Waals surface area contributed by atoms with Crippen LogP contribution in [-0.2, 0) is 6.42 Å². The first-order chi connectivity index (χ1) is 15.6. The third kappa shape index (κ3) is 12.9. The summed E-state index contributed by atoms with van der Waals surface area (Å²) in [4.78, 5) is 22.7. The van der Waals surface area contributed by atoms with E-state index in [0.29, 0.717) is 12.0 Å². The highest BCUT2D eigenvalue weighted by Gasteiger charge is 2.19. The molecule has 0 amide bonds. The van der Waals surface area contributed by atoms with Crippen LogP contribution in [0.5, 0.6) is 0 Å². The molecule has 0 saturated carbocycles. The number of unbranched alkanes of at least 4 members (excludes halogenated alkanes) is 17. The number of benzene rings is 1. The number of carboxylic acids is 2. The topological polar surface area (TPSA) is 74.6 Å². The first-order valence-electron chi connectivity index (χ1n) is 13.2. The van der Waals surface area contributed by atoms with E-state index in [1.54, 1.807) is 12.1 Å². The molecule has 0 aliphatic carbocycles. The zero-order valence-electron chi connectivity index (χ0n) is 20.4. The summed E-state index contributed by atoms with van der Waals surface area (Å²) in [7, 11) is 0. The van der Waals surface area contributed by atoms with Gasteiger partial charge in [0.1, 0.15) is 0 Å². The average Bonchev–Trinajstić information content (AvgIpc) is 2.77. The summed E-state index contributed by atoms with van der Waals surface area (Å²) in [6.45, 7) is 2.27. The van der Waals surface area contributed by atoms with Crippen molar-refractivity contribution < 1.29 is 19.8 Å². The van der Waals surface area contributed by atoms with Gasteiger partial charge in [-0.3, -0.25) is 0 Å². The van der Waals surface area contributed by atoms with Crippen LogP contribution in [0.4, 0.5) is 0 Å². The van der Waals surface area contributed by atoms with Gasteiger partial charge in [-0.05, 0) is 24.5 Å². The number of rotatable bonds is 21. The fraction of sp³-hybridized carbons (Fsp3) is 0.714. The van der Waals surface area contributed by atoms with Gasteiger partial charge >= 0.3 is 11.9 Å². The minimum Gasteiger partial charge on any atom is -0.478 e. The van der Waals surface area contributed by atoms with Crippen molar-refractivity contribution in [2.24, 2.45) is 0 Å². The standard InChI is InChI=1S/C28H46O4/c1-2-3-4-5-6-7-8-9-10-11-12-13-14-15-16-17-18-19-21-24-22-20-23-25(27(29)30)26(24)28(31)32/h20,22-23H,2-19,21H2,1H3,(H,29,30)(H,31,32). The minimum atomic E-state index is -1.18. The van der Waals surface area contributed by atoms with Gasteiger partial charge in [-0.25, -0.2) is 9.59 Å². The zero-order valence-corrected chi connectivity index (χ0v) is 20.4. The quantitative estimate of drug-likeness (QED) is 0.185. The molecule has 4 heteroatoms. The number of carbonyl (C=O) groups is 2. The molecule has 0 heterocycles. The molecule has 0 fully saturated rings. The highest BCUT2D eigenvalue weighted by molar-refractivity contribution is 6.02. The number of hydrogen-bond acceptors (Lipinski definition) is 2. The summed E-state index contributed by atoms with van der Waals surface area (Å²) in [6.07, 6.45) is 24.4. The number of carboxylic acid groups (broad SMARTS) is 2. The molecule has 0 bridgehead atoms. The Morgan fingerprint density at radius 1 is 0.594 bits per heavy atom. The van der Waals surface area contributed by atoms with E-state index in [0.717, 1.165) is 12.8 Å². The second-order valence-electron chi connectivity index (χ2n) is 9.21. The Balaban J connectivity index is 1.96. The molecule has 0 atom stereocenters. The molecule has 0 aliphatic rings. The van der Waals surface area contributed by atoms with Gasteiger partial charge < -0.3 is 10.2 Å². The average molecular weight is 447 g/mol. The lowest BCUT2D eigenvalue weighted by Crippen LogP contribution is -2.11. The SMILES string of the molecule is CCCCCCCCCCCCCCCCCCCCc1cccc(C(=O)O)c1C(=O)O. The van der Waals surface area contributed by atoms with Crippen LogP contribution >= 0.6 is 0 Å². The number of aryl methyl sites for hydroxylation is 1. The van der Waals surface area contributed by atoms with Crippen LogP contribution in [0.1, 0.15) is 149 Å². The van der Waals surface area contributed by atoms with E-state index in [2.05, 4.69) is 6.92 Å². The van der Waals surface area contributed by atoms with Gasteiger partial charge in [0, 0.05) is 0 Å². The summed E-state index contributed by atoms with van der Waals surface area (Å²) >= 11 is 0. The van der Waals surface area contributed by atoms with E-state index in [-0.39, 0.29) is 11.1 Å². The molecule has 1 rings (SSSR count). The van der Waals surface area contributed by atoms with Crippen molar-refractivity contribution in [1.29, 1.82) is 0 Å². The second kappa shape index (κ2) is 18.7. The Morgan fingerprint density at radius 3 is 1.38 bits per heavy atom. The smallest absolute Gasteiger partial charge is 0.336 e. The molecular weight excluding hydrogens is 400 g/mol. The van der Waals surface area contributed by atoms with Crippen molar-refractivity contribution in [1.82, 2.24) is 0 Å². The Labute approximate surface area is 195 Å². The van der Waals surface area contributed by atoms with Crippen molar-refractivity contribution in [3.63, 3.8) is 0 Å². The molecule has 182 valence electrons. The number of hydrogen-bond donors (Lipinski definition) is 2. The van der Waals surface area contributed by atoms with Gasteiger partial charge in [-0.2, -0.15) is 0 Å². The molecule has 4 nitrogen and oxygen atoms in total. The molecule has 0 aromatic heterocycles. The Hall–Kier alpha value is -1.84. The van der Waals surface area contributed by atoms with Gasteiger partial charge in [0.15, 0.2) is 0 Å². The first-order valence-corrected chi connectivity index (χ1v) is 13.2. The second-order valence-corrected chi connectivity index (χ2v) is 9.21. The van der Waals surface area contributed by atoms with E-state index in [1.165, 1.54) is 109 Å². The Kier molecular flexibility index (Phi) is 16.5. The number of aromatic carboxylic acids is 2. The summed E-state index contributed by atoms with van der Waals surface area (Å²) in [5.74, 6) is -2.33. The molecule has 0 unspecified atom stereocenters. The Bertz CT molecular complexity index is 638. The molecule has 0 spiro atoms. The first kappa shape index (κ1) is 28.2. The third-order valence-corrected chi connectivity index (χ3v) is 6.39. The van der Waals surface area contributed by atoms with Crippen LogP contribution in [0.25, 0.3) is 0 Å². The van der Waals surface area contributed by atoms with Crippen molar-refractivity contribution in [2.45, 2.75) is 129 Å². The predicted octanol–water partition coefficient (Wildman–Crippen LogP) is 8.67. The molecule has 2 N–H and O–H groups in total. The van der Waals surface area contributed by atoms with E-state index < -0.39 is 11.9 Å². The minimum absolute atomic E-state index is 0.0491. The fourth-order valence-corrected chi connectivity index (χ4v) is 4.46. The van der Waals surface area contributed by atoms with Crippen molar-refractivity contribution in [2.75, 3.05) is 0 Å². The monoisotopic (exact) mass is 446 g/mol. The molecule has 0 saturated heterocycles. The molecule has 1 aromatic rings. The van der Waals surface area contributed by atoms with Crippen LogP contribution < -0.4 is 0 Å². The Morgan fingerprint density at radius 2 is 1.00 bits per heavy atom. The normalized spacial score (nSPS) is 11.0. The summed E-state index contributed by atoms with van der Waals surface area (Å²) in [5.41, 5.74) is 0.471. The van der Waals surface area contributed by atoms with Crippen LogP contribution in [0, 0.1) is 0 Å². The van der Waals surface area contributed by atoms with E-state index in [9.17, 15) is 19.8 Å². The zero-order chi connectivity index (χ0) is 23.4. The highest BCUT2D eigenvalue weighted by Crippen LogP contribution is 2.19. The van der Waals surface area contributed by atoms with Gasteiger partial charge in [-0.15, -0.1) is 0 Å². The molecule has 32 heavy (non-hydrogen) atoms. The van der Waals surface area contributed by atoms with E-state index in [1.807, 2.05) is 0 Å².